The Bertz CT molecular complexity index is 214. The molecule has 1 heterocycles. The van der Waals surface area contributed by atoms with Gasteiger partial charge in [0, 0.05) is 13.0 Å². The number of carbonyl (C=O) groups excluding carboxylic acids is 1. The van der Waals surface area contributed by atoms with Gasteiger partial charge in [-0.3, -0.25) is 4.79 Å². The lowest BCUT2D eigenvalue weighted by Gasteiger charge is -2.24. The number of carbonyl (C=O) groups is 2. The lowest BCUT2D eigenvalue weighted by molar-refractivity contribution is -0.148. The number of rotatable bonds is 1. The zero-order valence-corrected chi connectivity index (χ0v) is 7.28. The highest BCUT2D eigenvalue weighted by atomic mass is 16.4. The van der Waals surface area contributed by atoms with E-state index in [4.69, 9.17) is 5.11 Å². The molecule has 0 bridgehead atoms. The second-order valence-electron chi connectivity index (χ2n) is 3.21. The largest absolute Gasteiger partial charge is 0.480 e. The van der Waals surface area contributed by atoms with E-state index in [0.717, 1.165) is 6.42 Å². The number of nitrogens with zero attached hydrogens (tertiary/aromatic N) is 1. The zero-order valence-electron chi connectivity index (χ0n) is 7.28. The van der Waals surface area contributed by atoms with Gasteiger partial charge in [0.2, 0.25) is 5.91 Å². The molecular weight excluding hydrogens is 158 g/mol. The van der Waals surface area contributed by atoms with Crippen LogP contribution in [0.2, 0.25) is 0 Å². The van der Waals surface area contributed by atoms with Gasteiger partial charge in [-0.05, 0) is 19.8 Å². The molecule has 1 amide bonds. The third kappa shape index (κ3) is 1.42. The predicted molar refractivity (Wildman–Crippen MR) is 42.6 cm³/mol. The molecule has 1 aliphatic heterocycles. The molecule has 1 fully saturated rings. The Balaban J connectivity index is 2.77. The van der Waals surface area contributed by atoms with Crippen LogP contribution >= 0.6 is 0 Å². The highest BCUT2D eigenvalue weighted by Crippen LogP contribution is 2.23. The summed E-state index contributed by atoms with van der Waals surface area (Å²) in [6, 6.07) is -0.527. The first-order chi connectivity index (χ1) is 5.54. The molecule has 0 saturated carbocycles. The fourth-order valence-electron chi connectivity index (χ4n) is 1.76. The summed E-state index contributed by atoms with van der Waals surface area (Å²) in [5.74, 6) is -1.04. The number of carboxylic acid groups (broad SMARTS) is 1. The number of hydrogen-bond donors (Lipinski definition) is 1. The van der Waals surface area contributed by atoms with E-state index in [0.29, 0.717) is 6.42 Å². The van der Waals surface area contributed by atoms with Crippen LogP contribution in [0, 0.1) is 0 Å². The van der Waals surface area contributed by atoms with E-state index >= 15 is 0 Å². The summed E-state index contributed by atoms with van der Waals surface area (Å²) in [6.45, 7) is 3.29. The van der Waals surface area contributed by atoms with Crippen molar-refractivity contribution in [3.05, 3.63) is 0 Å². The van der Waals surface area contributed by atoms with Gasteiger partial charge in [0.1, 0.15) is 6.04 Å². The van der Waals surface area contributed by atoms with E-state index in [2.05, 4.69) is 0 Å². The second-order valence-corrected chi connectivity index (χ2v) is 3.21. The zero-order chi connectivity index (χ0) is 9.30. The first-order valence-electron chi connectivity index (χ1n) is 4.05. The molecule has 68 valence electrons. The quantitative estimate of drug-likeness (QED) is 0.624. The second kappa shape index (κ2) is 3.13. The van der Waals surface area contributed by atoms with Crippen molar-refractivity contribution in [3.8, 4) is 0 Å². The fraction of sp³-hybridized carbons (Fsp3) is 0.750. The molecule has 12 heavy (non-hydrogen) atoms. The molecule has 0 spiro atoms. The van der Waals surface area contributed by atoms with Crippen molar-refractivity contribution in [2.24, 2.45) is 0 Å². The van der Waals surface area contributed by atoms with Gasteiger partial charge < -0.3 is 10.0 Å². The van der Waals surface area contributed by atoms with Crippen LogP contribution < -0.4 is 0 Å². The summed E-state index contributed by atoms with van der Waals surface area (Å²) >= 11 is 0. The van der Waals surface area contributed by atoms with E-state index in [1.54, 1.807) is 0 Å². The Morgan fingerprint density at radius 2 is 2.00 bits per heavy atom. The van der Waals surface area contributed by atoms with Crippen molar-refractivity contribution in [2.45, 2.75) is 38.8 Å². The summed E-state index contributed by atoms with van der Waals surface area (Å²) in [6.07, 6.45) is 1.37. The molecule has 1 saturated heterocycles. The molecule has 0 radical (unpaired) electrons. The molecule has 0 unspecified atom stereocenters. The lowest BCUT2D eigenvalue weighted by atomic mass is 10.2. The van der Waals surface area contributed by atoms with Gasteiger partial charge in [0.05, 0.1) is 0 Å². The van der Waals surface area contributed by atoms with E-state index in [9.17, 15) is 9.59 Å². The minimum absolute atomic E-state index is 0.0728. The molecule has 0 aromatic heterocycles. The smallest absolute Gasteiger partial charge is 0.326 e. The Hall–Kier alpha value is -1.06. The van der Waals surface area contributed by atoms with Crippen molar-refractivity contribution in [2.75, 3.05) is 0 Å². The molecule has 4 heteroatoms. The lowest BCUT2D eigenvalue weighted by Crippen LogP contribution is -2.42. The average Bonchev–Trinajstić information content (AvgIpc) is 2.30. The summed E-state index contributed by atoms with van der Waals surface area (Å²) in [7, 11) is 0. The third-order valence-electron chi connectivity index (χ3n) is 2.32. The predicted octanol–water partition coefficient (Wildman–Crippen LogP) is 0.470. The van der Waals surface area contributed by atoms with E-state index in [-0.39, 0.29) is 11.9 Å². The van der Waals surface area contributed by atoms with Crippen molar-refractivity contribution in [1.82, 2.24) is 4.90 Å². The van der Waals surface area contributed by atoms with Crippen molar-refractivity contribution >= 4 is 11.9 Å². The normalized spacial score (nSPS) is 29.0. The van der Waals surface area contributed by atoms with E-state index in [1.165, 1.54) is 11.8 Å². The standard InChI is InChI=1S/C8H13NO3/c1-5-3-4-7(8(11)12)9(5)6(2)10/h5,7H,3-4H2,1-2H3,(H,11,12)/t5-,7-/m1/s1. The first kappa shape index (κ1) is 9.03. The SMILES string of the molecule is CC(=O)N1[C@H](C)CC[C@@H]1C(=O)O. The third-order valence-corrected chi connectivity index (χ3v) is 2.32. The summed E-state index contributed by atoms with van der Waals surface area (Å²) in [5, 5.41) is 8.76. The van der Waals surface area contributed by atoms with Crippen LogP contribution in [0.4, 0.5) is 0 Å². The Morgan fingerprint density at radius 1 is 1.42 bits per heavy atom. The van der Waals surface area contributed by atoms with Gasteiger partial charge >= 0.3 is 5.97 Å². The van der Waals surface area contributed by atoms with Crippen LogP contribution in [-0.2, 0) is 9.59 Å². The Kier molecular flexibility index (Phi) is 2.35. The monoisotopic (exact) mass is 171 g/mol. The molecular formula is C8H13NO3. The van der Waals surface area contributed by atoms with Crippen LogP contribution in [0.3, 0.4) is 0 Å². The molecule has 1 N–H and O–H groups in total. The van der Waals surface area contributed by atoms with Gasteiger partial charge in [-0.1, -0.05) is 0 Å². The highest BCUT2D eigenvalue weighted by Gasteiger charge is 2.36. The van der Waals surface area contributed by atoms with Crippen molar-refractivity contribution in [1.29, 1.82) is 0 Å². The molecule has 2 atom stereocenters. The number of likely N-dealkylation sites (tertiary alicyclic amines) is 1. The van der Waals surface area contributed by atoms with Crippen molar-refractivity contribution in [3.63, 3.8) is 0 Å². The minimum atomic E-state index is -0.894. The van der Waals surface area contributed by atoms with Gasteiger partial charge in [0.15, 0.2) is 0 Å². The summed E-state index contributed by atoms with van der Waals surface area (Å²) < 4.78 is 0. The maximum Gasteiger partial charge on any atom is 0.326 e. The fourth-order valence-corrected chi connectivity index (χ4v) is 1.76. The van der Waals surface area contributed by atoms with Gasteiger partial charge in [0.25, 0.3) is 0 Å². The topological polar surface area (TPSA) is 57.6 Å². The number of aliphatic carboxylic acids is 1. The molecule has 0 aromatic rings. The minimum Gasteiger partial charge on any atom is -0.480 e. The summed E-state index contributed by atoms with van der Waals surface area (Å²) in [5.41, 5.74) is 0. The van der Waals surface area contributed by atoms with Crippen LogP contribution in [0.1, 0.15) is 26.7 Å². The van der Waals surface area contributed by atoms with Gasteiger partial charge in [-0.25, -0.2) is 4.79 Å². The van der Waals surface area contributed by atoms with Gasteiger partial charge in [-0.2, -0.15) is 0 Å². The molecule has 0 aliphatic carbocycles. The van der Waals surface area contributed by atoms with E-state index in [1.807, 2.05) is 6.92 Å². The maximum atomic E-state index is 11.0. The molecule has 1 rings (SSSR count). The van der Waals surface area contributed by atoms with Gasteiger partial charge in [-0.15, -0.1) is 0 Å². The van der Waals surface area contributed by atoms with E-state index < -0.39 is 12.0 Å². The Morgan fingerprint density at radius 3 is 2.33 bits per heavy atom. The van der Waals surface area contributed by atoms with Crippen LogP contribution in [-0.4, -0.2) is 34.0 Å². The number of amides is 1. The Labute approximate surface area is 71.2 Å². The number of carboxylic acids is 1. The van der Waals surface area contributed by atoms with Crippen LogP contribution in [0.5, 0.6) is 0 Å². The molecule has 1 aliphatic rings. The molecule has 4 nitrogen and oxygen atoms in total. The average molecular weight is 171 g/mol. The number of hydrogen-bond acceptors (Lipinski definition) is 2. The maximum absolute atomic E-state index is 11.0. The first-order valence-corrected chi connectivity index (χ1v) is 4.05. The van der Waals surface area contributed by atoms with Crippen LogP contribution in [0.25, 0.3) is 0 Å². The van der Waals surface area contributed by atoms with Crippen molar-refractivity contribution < 1.29 is 14.7 Å². The highest BCUT2D eigenvalue weighted by molar-refractivity contribution is 5.83. The molecule has 0 aromatic carbocycles. The van der Waals surface area contributed by atoms with Crippen LogP contribution in [0.15, 0.2) is 0 Å². The summed E-state index contributed by atoms with van der Waals surface area (Å²) in [4.78, 5) is 23.1.